The summed E-state index contributed by atoms with van der Waals surface area (Å²) in [7, 11) is 4.49. The molecule has 0 aliphatic rings. The number of nitrogens with zero attached hydrogens (tertiary/aromatic N) is 4. The number of unbranched alkanes of at least 4 members (excludes halogenated alkanes) is 6. The number of ether oxygens (including phenoxy) is 3. The molecule has 0 heterocycles. The Morgan fingerprint density at radius 1 is 0.698 bits per heavy atom. The van der Waals surface area contributed by atoms with Gasteiger partial charge in [-0.15, -0.1) is 0 Å². The molecule has 240 valence electrons. The van der Waals surface area contributed by atoms with Gasteiger partial charge in [0.15, 0.2) is 0 Å². The molecule has 0 unspecified atom stereocenters. The Morgan fingerprint density at radius 3 is 1.86 bits per heavy atom. The number of azide groups is 1. The van der Waals surface area contributed by atoms with Crippen LogP contribution in [-0.2, 0) is 16.7 Å². The van der Waals surface area contributed by atoms with Crippen molar-refractivity contribution in [3.63, 3.8) is 0 Å². The van der Waals surface area contributed by atoms with E-state index in [1.165, 1.54) is 36.8 Å². The minimum Gasteiger partial charge on any atom is -0.494 e. The average Bonchev–Trinajstić information content (AvgIpc) is 2.93. The first-order chi connectivity index (χ1) is 20.4. The topological polar surface area (TPSA) is 76.5 Å². The van der Waals surface area contributed by atoms with Crippen LogP contribution >= 0.6 is 0 Å². The van der Waals surface area contributed by atoms with Gasteiger partial charge in [-0.2, -0.15) is 0 Å². The van der Waals surface area contributed by atoms with Gasteiger partial charge in [0, 0.05) is 17.0 Å². The Bertz CT molecular complexity index is 1070. The molecule has 2 aromatic carbocycles. The number of rotatable bonds is 22. The first-order valence-electron chi connectivity index (χ1n) is 16.3. The zero-order valence-corrected chi connectivity index (χ0v) is 28.2. The molecule has 0 N–H and O–H groups in total. The van der Waals surface area contributed by atoms with Crippen molar-refractivity contribution in [1.82, 2.24) is 0 Å². The molecule has 7 heteroatoms. The molecule has 2 rings (SSSR count). The van der Waals surface area contributed by atoms with E-state index < -0.39 is 0 Å². The summed E-state index contributed by atoms with van der Waals surface area (Å²) in [4.78, 5) is 2.79. The monoisotopic (exact) mass is 595 g/mol. The largest absolute Gasteiger partial charge is 0.494 e. The van der Waals surface area contributed by atoms with E-state index in [-0.39, 0.29) is 5.41 Å². The van der Waals surface area contributed by atoms with E-state index in [0.29, 0.717) is 31.8 Å². The van der Waals surface area contributed by atoms with E-state index in [4.69, 9.17) is 19.7 Å². The maximum atomic E-state index is 8.28. The van der Waals surface area contributed by atoms with Crippen LogP contribution in [0.15, 0.2) is 53.6 Å². The summed E-state index contributed by atoms with van der Waals surface area (Å²) in [5.74, 6) is 1.84. The molecule has 0 fully saturated rings. The molecule has 43 heavy (non-hydrogen) atoms. The van der Waals surface area contributed by atoms with Crippen LogP contribution in [0.3, 0.4) is 0 Å². The highest BCUT2D eigenvalue weighted by Gasteiger charge is 2.27. The number of hydrogen-bond acceptors (Lipinski definition) is 4. The highest BCUT2D eigenvalue weighted by atomic mass is 16.5. The lowest BCUT2D eigenvalue weighted by Crippen LogP contribution is -2.41. The summed E-state index contributed by atoms with van der Waals surface area (Å²) in [6.07, 6.45) is 9.23. The molecule has 0 saturated heterocycles. The summed E-state index contributed by atoms with van der Waals surface area (Å²) < 4.78 is 18.7. The van der Waals surface area contributed by atoms with E-state index in [2.05, 4.69) is 107 Å². The second-order valence-electron chi connectivity index (χ2n) is 14.3. The lowest BCUT2D eigenvalue weighted by Gasteiger charge is -2.33. The van der Waals surface area contributed by atoms with Crippen LogP contribution in [0, 0.1) is 5.41 Å². The van der Waals surface area contributed by atoms with Crippen LogP contribution < -0.4 is 9.47 Å². The quantitative estimate of drug-likeness (QED) is 0.0447. The first kappa shape index (κ1) is 36.5. The smallest absolute Gasteiger partial charge is 0.119 e. The molecule has 0 atom stereocenters. The summed E-state index contributed by atoms with van der Waals surface area (Å²) in [5, 5.41) is 3.58. The van der Waals surface area contributed by atoms with E-state index in [1.807, 2.05) is 0 Å². The molecule has 2 aromatic rings. The third-order valence-corrected chi connectivity index (χ3v) is 7.71. The summed E-state index contributed by atoms with van der Waals surface area (Å²) in [6, 6.07) is 17.1. The van der Waals surface area contributed by atoms with E-state index >= 15 is 0 Å². The van der Waals surface area contributed by atoms with Crippen molar-refractivity contribution in [2.45, 2.75) is 97.9 Å². The SMILES string of the molecule is CC(C)(C)CC(C)(C)c1ccc(OCCOCC[N+](C)(C)Cc2ccc(OCCCCCCCCCN=[N+]=[N-])cc2)cc1. The zero-order chi connectivity index (χ0) is 31.6. The number of hydrogen-bond donors (Lipinski definition) is 0. The minimum atomic E-state index is 0.138. The molecule has 7 nitrogen and oxygen atoms in total. The normalized spacial score (nSPS) is 12.2. The fourth-order valence-electron chi connectivity index (χ4n) is 5.73. The Morgan fingerprint density at radius 2 is 1.26 bits per heavy atom. The summed E-state index contributed by atoms with van der Waals surface area (Å²) >= 11 is 0. The van der Waals surface area contributed by atoms with Crippen LogP contribution in [0.2, 0.25) is 0 Å². The van der Waals surface area contributed by atoms with Gasteiger partial charge in [-0.05, 0) is 77.6 Å². The first-order valence-corrected chi connectivity index (χ1v) is 16.3. The maximum Gasteiger partial charge on any atom is 0.119 e. The van der Waals surface area contributed by atoms with Crippen molar-refractivity contribution in [3.8, 4) is 11.5 Å². The van der Waals surface area contributed by atoms with E-state index in [0.717, 1.165) is 61.4 Å². The molecule has 0 radical (unpaired) electrons. The molecule has 0 aliphatic carbocycles. The predicted molar refractivity (Wildman–Crippen MR) is 179 cm³/mol. The fourth-order valence-corrected chi connectivity index (χ4v) is 5.73. The van der Waals surface area contributed by atoms with Gasteiger partial charge in [0.1, 0.15) is 31.2 Å². The van der Waals surface area contributed by atoms with Gasteiger partial charge in [0.2, 0.25) is 0 Å². The van der Waals surface area contributed by atoms with Gasteiger partial charge >= 0.3 is 0 Å². The van der Waals surface area contributed by atoms with Crippen molar-refractivity contribution in [1.29, 1.82) is 0 Å². The van der Waals surface area contributed by atoms with Crippen molar-refractivity contribution >= 4 is 0 Å². The standard InChI is InChI=1S/C36H59N4O3/c1-35(2,3)30-36(4,5)32-17-21-34(22-18-32)43-28-27-41-26-24-40(6,7)29-31-15-19-33(20-16-31)42-25-14-12-10-8-9-11-13-23-38-39-37/h15-22H,8-14,23-30H2,1-7H3/q+1. The van der Waals surface area contributed by atoms with Gasteiger partial charge in [-0.25, -0.2) is 0 Å². The third-order valence-electron chi connectivity index (χ3n) is 7.71. The molecule has 0 amide bonds. The van der Waals surface area contributed by atoms with Gasteiger partial charge in [-0.3, -0.25) is 0 Å². The van der Waals surface area contributed by atoms with Crippen molar-refractivity contribution in [3.05, 3.63) is 70.1 Å². The maximum absolute atomic E-state index is 8.28. The zero-order valence-electron chi connectivity index (χ0n) is 28.2. The molecule has 0 bridgehead atoms. The molecule has 0 aliphatic heterocycles. The van der Waals surface area contributed by atoms with Crippen LogP contribution in [0.4, 0.5) is 0 Å². The Balaban J connectivity index is 1.56. The van der Waals surface area contributed by atoms with E-state index in [9.17, 15) is 0 Å². The van der Waals surface area contributed by atoms with Gasteiger partial charge in [0.25, 0.3) is 0 Å². The molecular formula is C36H59N4O3+. The highest BCUT2D eigenvalue weighted by molar-refractivity contribution is 5.32. The van der Waals surface area contributed by atoms with Gasteiger partial charge < -0.3 is 18.7 Å². The van der Waals surface area contributed by atoms with Crippen LogP contribution in [-0.4, -0.2) is 58.1 Å². The average molecular weight is 596 g/mol. The lowest BCUT2D eigenvalue weighted by atomic mass is 9.72. The molecule has 0 spiro atoms. The molecule has 0 saturated carbocycles. The second-order valence-corrected chi connectivity index (χ2v) is 14.3. The lowest BCUT2D eigenvalue weighted by molar-refractivity contribution is -0.904. The fraction of sp³-hybridized carbons (Fsp3) is 0.667. The minimum absolute atomic E-state index is 0.138. The second kappa shape index (κ2) is 18.8. The number of likely N-dealkylation sites (N-methyl/N-ethyl adjacent to an activating group) is 1. The third kappa shape index (κ3) is 16.6. The highest BCUT2D eigenvalue weighted by Crippen LogP contribution is 2.36. The molecular weight excluding hydrogens is 536 g/mol. The Kier molecular flexibility index (Phi) is 16.0. The van der Waals surface area contributed by atoms with Gasteiger partial charge in [-0.1, -0.05) is 84.0 Å². The number of benzene rings is 2. The predicted octanol–water partition coefficient (Wildman–Crippen LogP) is 9.49. The Hall–Kier alpha value is -2.73. The van der Waals surface area contributed by atoms with Crippen molar-refractivity contribution in [2.24, 2.45) is 10.5 Å². The summed E-state index contributed by atoms with van der Waals surface area (Å²) in [5.41, 5.74) is 11.4. The number of quaternary nitrogens is 1. The van der Waals surface area contributed by atoms with Crippen molar-refractivity contribution in [2.75, 3.05) is 53.6 Å². The van der Waals surface area contributed by atoms with Gasteiger partial charge in [0.05, 0.1) is 33.9 Å². The summed E-state index contributed by atoms with van der Waals surface area (Å²) in [6.45, 7) is 16.6. The van der Waals surface area contributed by atoms with Crippen molar-refractivity contribution < 1.29 is 18.7 Å². The Labute approximate surface area is 262 Å². The van der Waals surface area contributed by atoms with Crippen LogP contribution in [0.5, 0.6) is 11.5 Å². The van der Waals surface area contributed by atoms with Crippen LogP contribution in [0.1, 0.15) is 97.1 Å². The van der Waals surface area contributed by atoms with E-state index in [1.54, 1.807) is 0 Å². The molecule has 0 aromatic heterocycles. The van der Waals surface area contributed by atoms with Crippen LogP contribution in [0.25, 0.3) is 10.4 Å².